The van der Waals surface area contributed by atoms with E-state index in [4.69, 9.17) is 9.47 Å². The van der Waals surface area contributed by atoms with Crippen LogP contribution in [0.25, 0.3) is 0 Å². The van der Waals surface area contributed by atoms with Gasteiger partial charge in [-0.15, -0.1) is 0 Å². The van der Waals surface area contributed by atoms with Crippen molar-refractivity contribution in [3.05, 3.63) is 39.9 Å². The molecule has 22 heavy (non-hydrogen) atoms. The Bertz CT molecular complexity index is 710. The molecule has 0 bridgehead atoms. The zero-order chi connectivity index (χ0) is 16.1. The number of benzene rings is 1. The van der Waals surface area contributed by atoms with E-state index < -0.39 is 4.92 Å². The van der Waals surface area contributed by atoms with E-state index >= 15 is 0 Å². The van der Waals surface area contributed by atoms with Gasteiger partial charge in [0.05, 0.1) is 25.2 Å². The fourth-order valence-corrected chi connectivity index (χ4v) is 1.55. The average molecular weight is 304 g/mol. The van der Waals surface area contributed by atoms with Crippen LogP contribution in [0.2, 0.25) is 0 Å². The first-order valence-electron chi connectivity index (χ1n) is 6.02. The van der Waals surface area contributed by atoms with Crippen molar-refractivity contribution in [1.82, 2.24) is 9.97 Å². The third-order valence-corrected chi connectivity index (χ3v) is 2.63. The zero-order valence-electron chi connectivity index (χ0n) is 11.8. The number of nitro benzene ring substituents is 1. The highest BCUT2D eigenvalue weighted by Crippen LogP contribution is 2.23. The Balaban J connectivity index is 2.36. The summed E-state index contributed by atoms with van der Waals surface area (Å²) >= 11 is 0. The van der Waals surface area contributed by atoms with E-state index in [0.29, 0.717) is 0 Å². The monoisotopic (exact) mass is 304 g/mol. The van der Waals surface area contributed by atoms with Gasteiger partial charge in [0, 0.05) is 23.9 Å². The fourth-order valence-electron chi connectivity index (χ4n) is 1.55. The standard InChI is InChI=1S/C13H12N4O5/c1-21-11-6-12(22-2)16-13(15-11)14-7-8-5-9(17(19)20)3-4-10(8)18/h3-7,18H,1-2H3. The Morgan fingerprint density at radius 3 is 2.41 bits per heavy atom. The molecule has 0 aliphatic carbocycles. The Morgan fingerprint density at radius 2 is 1.86 bits per heavy atom. The first-order valence-corrected chi connectivity index (χ1v) is 6.02. The first kappa shape index (κ1) is 15.2. The van der Waals surface area contributed by atoms with Crippen molar-refractivity contribution in [3.63, 3.8) is 0 Å². The minimum atomic E-state index is -0.568. The average Bonchev–Trinajstić information content (AvgIpc) is 2.53. The zero-order valence-corrected chi connectivity index (χ0v) is 11.8. The quantitative estimate of drug-likeness (QED) is 0.508. The van der Waals surface area contributed by atoms with Gasteiger partial charge >= 0.3 is 0 Å². The Hall–Kier alpha value is -3.23. The van der Waals surface area contributed by atoms with Crippen molar-refractivity contribution in [2.45, 2.75) is 0 Å². The number of methoxy groups -OCH3 is 2. The van der Waals surface area contributed by atoms with E-state index in [1.54, 1.807) is 0 Å². The summed E-state index contributed by atoms with van der Waals surface area (Å²) in [6, 6.07) is 5.07. The maximum atomic E-state index is 10.7. The van der Waals surface area contributed by atoms with Crippen molar-refractivity contribution in [1.29, 1.82) is 0 Å². The second-order valence-electron chi connectivity index (χ2n) is 4.01. The van der Waals surface area contributed by atoms with Crippen LogP contribution in [0.3, 0.4) is 0 Å². The van der Waals surface area contributed by atoms with Crippen LogP contribution in [-0.2, 0) is 0 Å². The number of aliphatic imine (C=N–C) groups is 1. The lowest BCUT2D eigenvalue weighted by molar-refractivity contribution is -0.384. The molecule has 0 fully saturated rings. The lowest BCUT2D eigenvalue weighted by Crippen LogP contribution is -1.94. The van der Waals surface area contributed by atoms with Crippen LogP contribution in [0.4, 0.5) is 11.6 Å². The highest BCUT2D eigenvalue weighted by atomic mass is 16.6. The van der Waals surface area contributed by atoms with Gasteiger partial charge in [-0.2, -0.15) is 9.97 Å². The third kappa shape index (κ3) is 3.45. The molecule has 1 aromatic carbocycles. The van der Waals surface area contributed by atoms with Crippen LogP contribution in [0.1, 0.15) is 5.56 Å². The molecule has 9 nitrogen and oxygen atoms in total. The maximum Gasteiger partial charge on any atom is 0.270 e. The Morgan fingerprint density at radius 1 is 1.23 bits per heavy atom. The molecule has 1 heterocycles. The SMILES string of the molecule is COc1cc(OC)nc(N=Cc2cc([N+](=O)[O-])ccc2O)n1. The largest absolute Gasteiger partial charge is 0.507 e. The van der Waals surface area contributed by atoms with Gasteiger partial charge in [-0.25, -0.2) is 4.99 Å². The number of non-ortho nitro benzene ring substituents is 1. The summed E-state index contributed by atoms with van der Waals surface area (Å²) < 4.78 is 9.96. The van der Waals surface area contributed by atoms with Crippen LogP contribution in [-0.4, -0.2) is 40.4 Å². The van der Waals surface area contributed by atoms with Crippen LogP contribution in [0.5, 0.6) is 17.5 Å². The molecular weight excluding hydrogens is 292 g/mol. The fraction of sp³-hybridized carbons (Fsp3) is 0.154. The number of hydrogen-bond donors (Lipinski definition) is 1. The van der Waals surface area contributed by atoms with Crippen LogP contribution in [0, 0.1) is 10.1 Å². The summed E-state index contributed by atoms with van der Waals surface area (Å²) in [5.41, 5.74) is 0.00276. The Labute approximate surface area is 125 Å². The number of phenolic OH excluding ortho intramolecular Hbond substituents is 1. The van der Waals surface area contributed by atoms with Crippen molar-refractivity contribution in [2.24, 2.45) is 4.99 Å². The third-order valence-electron chi connectivity index (χ3n) is 2.63. The molecule has 2 aromatic rings. The summed E-state index contributed by atoms with van der Waals surface area (Å²) in [4.78, 5) is 22.1. The number of nitrogens with zero attached hydrogens (tertiary/aromatic N) is 4. The van der Waals surface area contributed by atoms with Gasteiger partial charge in [0.2, 0.25) is 11.8 Å². The number of hydrogen-bond acceptors (Lipinski definition) is 8. The second-order valence-corrected chi connectivity index (χ2v) is 4.01. The van der Waals surface area contributed by atoms with Crippen molar-refractivity contribution >= 4 is 17.9 Å². The van der Waals surface area contributed by atoms with Crippen molar-refractivity contribution in [3.8, 4) is 17.5 Å². The molecule has 0 radical (unpaired) electrons. The minimum Gasteiger partial charge on any atom is -0.507 e. The molecule has 0 aliphatic heterocycles. The lowest BCUT2D eigenvalue weighted by atomic mass is 10.2. The second kappa shape index (κ2) is 6.48. The number of aromatic hydroxyl groups is 1. The van der Waals surface area contributed by atoms with E-state index in [2.05, 4.69) is 15.0 Å². The number of nitro groups is 1. The van der Waals surface area contributed by atoms with E-state index in [-0.39, 0.29) is 34.7 Å². The molecule has 1 aromatic heterocycles. The van der Waals surface area contributed by atoms with Crippen molar-refractivity contribution in [2.75, 3.05) is 14.2 Å². The smallest absolute Gasteiger partial charge is 0.270 e. The lowest BCUT2D eigenvalue weighted by Gasteiger charge is -2.03. The maximum absolute atomic E-state index is 10.7. The molecule has 1 N–H and O–H groups in total. The minimum absolute atomic E-state index is 0.0297. The molecule has 2 rings (SSSR count). The van der Waals surface area contributed by atoms with E-state index in [9.17, 15) is 15.2 Å². The predicted octanol–water partition coefficient (Wildman–Crippen LogP) is 1.86. The van der Waals surface area contributed by atoms with Crippen LogP contribution in [0.15, 0.2) is 29.3 Å². The molecule has 0 atom stereocenters. The molecule has 0 aliphatic rings. The molecule has 114 valence electrons. The van der Waals surface area contributed by atoms with Crippen LogP contribution < -0.4 is 9.47 Å². The molecule has 0 unspecified atom stereocenters. The summed E-state index contributed by atoms with van der Waals surface area (Å²) in [6.45, 7) is 0. The number of ether oxygens (including phenoxy) is 2. The van der Waals surface area contributed by atoms with Gasteiger partial charge in [-0.05, 0) is 6.07 Å². The number of rotatable bonds is 5. The van der Waals surface area contributed by atoms with Gasteiger partial charge in [-0.1, -0.05) is 0 Å². The Kier molecular flexibility index (Phi) is 4.47. The summed E-state index contributed by atoms with van der Waals surface area (Å²) in [5, 5.41) is 20.4. The van der Waals surface area contributed by atoms with E-state index in [1.807, 2.05) is 0 Å². The number of aromatic nitrogens is 2. The first-order chi connectivity index (χ1) is 10.5. The highest BCUT2D eigenvalue weighted by molar-refractivity contribution is 5.85. The van der Waals surface area contributed by atoms with E-state index in [1.165, 1.54) is 44.7 Å². The van der Waals surface area contributed by atoms with Gasteiger partial charge in [0.25, 0.3) is 11.6 Å². The van der Waals surface area contributed by atoms with Gasteiger partial charge in [0.15, 0.2) is 0 Å². The molecule has 0 saturated heterocycles. The number of phenols is 1. The summed E-state index contributed by atoms with van der Waals surface area (Å²) in [6.07, 6.45) is 1.22. The van der Waals surface area contributed by atoms with Gasteiger partial charge < -0.3 is 14.6 Å². The molecule has 0 amide bonds. The molecule has 0 spiro atoms. The van der Waals surface area contributed by atoms with Crippen LogP contribution >= 0.6 is 0 Å². The predicted molar refractivity (Wildman–Crippen MR) is 77.2 cm³/mol. The van der Waals surface area contributed by atoms with E-state index in [0.717, 1.165) is 0 Å². The molecule has 9 heteroatoms. The topological polar surface area (TPSA) is 120 Å². The summed E-state index contributed by atoms with van der Waals surface area (Å²) in [7, 11) is 2.86. The van der Waals surface area contributed by atoms with Gasteiger partial charge in [-0.3, -0.25) is 10.1 Å². The summed E-state index contributed by atoms with van der Waals surface area (Å²) in [5.74, 6) is 0.385. The normalized spacial score (nSPS) is 10.6. The van der Waals surface area contributed by atoms with Crippen molar-refractivity contribution < 1.29 is 19.5 Å². The highest BCUT2D eigenvalue weighted by Gasteiger charge is 2.09. The molecule has 0 saturated carbocycles. The van der Waals surface area contributed by atoms with Gasteiger partial charge in [0.1, 0.15) is 5.75 Å². The molecular formula is C13H12N4O5.